The Morgan fingerprint density at radius 3 is 3.05 bits per heavy atom. The smallest absolute Gasteiger partial charge is 0.140 e. The summed E-state index contributed by atoms with van der Waals surface area (Å²) in [6, 6.07) is 7.26. The maximum atomic E-state index is 13.3. The van der Waals surface area contributed by atoms with Gasteiger partial charge in [-0.15, -0.1) is 0 Å². The van der Waals surface area contributed by atoms with E-state index < -0.39 is 5.82 Å². The van der Waals surface area contributed by atoms with Crippen LogP contribution >= 0.6 is 0 Å². The summed E-state index contributed by atoms with van der Waals surface area (Å²) in [4.78, 5) is 2.31. The van der Waals surface area contributed by atoms with Crippen molar-refractivity contribution in [2.75, 3.05) is 20.1 Å². The summed E-state index contributed by atoms with van der Waals surface area (Å²) in [5, 5.41) is 12.3. The van der Waals surface area contributed by atoms with Crippen molar-refractivity contribution in [3.05, 3.63) is 35.1 Å². The molecule has 1 aliphatic heterocycles. The Labute approximate surface area is 114 Å². The lowest BCUT2D eigenvalue weighted by molar-refractivity contribution is 0.216. The molecule has 4 heteroatoms. The summed E-state index contributed by atoms with van der Waals surface area (Å²) in [7, 11) is 2.10. The van der Waals surface area contributed by atoms with E-state index in [4.69, 9.17) is 5.26 Å². The van der Waals surface area contributed by atoms with E-state index in [0.717, 1.165) is 31.6 Å². The van der Waals surface area contributed by atoms with Crippen LogP contribution in [0.3, 0.4) is 0 Å². The summed E-state index contributed by atoms with van der Waals surface area (Å²) in [5.41, 5.74) is 1.13. The maximum Gasteiger partial charge on any atom is 0.140 e. The first-order chi connectivity index (χ1) is 9.20. The van der Waals surface area contributed by atoms with Gasteiger partial charge < -0.3 is 5.32 Å². The first-order valence-electron chi connectivity index (χ1n) is 6.80. The average molecular weight is 261 g/mol. The minimum Gasteiger partial charge on any atom is -0.317 e. The molecule has 1 unspecified atom stereocenters. The van der Waals surface area contributed by atoms with Crippen molar-refractivity contribution in [1.29, 1.82) is 5.26 Å². The molecule has 0 radical (unpaired) electrons. The van der Waals surface area contributed by atoms with Crippen molar-refractivity contribution >= 4 is 0 Å². The zero-order chi connectivity index (χ0) is 13.7. The van der Waals surface area contributed by atoms with Crippen LogP contribution < -0.4 is 5.32 Å². The van der Waals surface area contributed by atoms with Crippen LogP contribution in [-0.4, -0.2) is 31.1 Å². The van der Waals surface area contributed by atoms with Crippen LogP contribution in [0.25, 0.3) is 0 Å². The molecule has 1 saturated heterocycles. The zero-order valence-corrected chi connectivity index (χ0v) is 11.3. The highest BCUT2D eigenvalue weighted by Gasteiger charge is 2.17. The van der Waals surface area contributed by atoms with Crippen LogP contribution in [0.4, 0.5) is 4.39 Å². The topological polar surface area (TPSA) is 39.1 Å². The third kappa shape index (κ3) is 3.76. The van der Waals surface area contributed by atoms with Crippen LogP contribution in [0, 0.1) is 17.1 Å². The lowest BCUT2D eigenvalue weighted by atomic mass is 10.1. The van der Waals surface area contributed by atoms with Gasteiger partial charge in [0.15, 0.2) is 0 Å². The molecule has 2 rings (SSSR count). The van der Waals surface area contributed by atoms with Gasteiger partial charge in [0.2, 0.25) is 0 Å². The molecular formula is C15H20FN3. The molecule has 3 nitrogen and oxygen atoms in total. The molecule has 1 atom stereocenters. The van der Waals surface area contributed by atoms with Gasteiger partial charge in [-0.2, -0.15) is 5.26 Å². The Balaban J connectivity index is 2.01. The minimum atomic E-state index is -0.437. The predicted octanol–water partition coefficient (Wildman–Crippen LogP) is 2.27. The van der Waals surface area contributed by atoms with Gasteiger partial charge in [-0.25, -0.2) is 4.39 Å². The fourth-order valence-electron chi connectivity index (χ4n) is 2.62. The Hall–Kier alpha value is -1.44. The van der Waals surface area contributed by atoms with Gasteiger partial charge in [-0.3, -0.25) is 4.90 Å². The van der Waals surface area contributed by atoms with Gasteiger partial charge in [0.1, 0.15) is 11.9 Å². The van der Waals surface area contributed by atoms with Gasteiger partial charge in [0, 0.05) is 12.6 Å². The molecule has 1 aromatic rings. The Bertz CT molecular complexity index is 459. The van der Waals surface area contributed by atoms with E-state index in [1.807, 2.05) is 6.07 Å². The molecule has 102 valence electrons. The molecular weight excluding hydrogens is 241 g/mol. The number of hydrogen-bond donors (Lipinski definition) is 1. The van der Waals surface area contributed by atoms with Crippen LogP contribution in [0.1, 0.15) is 30.4 Å². The summed E-state index contributed by atoms with van der Waals surface area (Å²) in [6.45, 7) is 2.92. The van der Waals surface area contributed by atoms with Gasteiger partial charge in [0.25, 0.3) is 0 Å². The van der Waals surface area contributed by atoms with E-state index in [1.165, 1.54) is 18.9 Å². The molecule has 0 saturated carbocycles. The van der Waals surface area contributed by atoms with Crippen LogP contribution in [0.5, 0.6) is 0 Å². The number of nitrogens with one attached hydrogen (secondary N) is 1. The van der Waals surface area contributed by atoms with Gasteiger partial charge in [0.05, 0.1) is 5.56 Å². The first-order valence-corrected chi connectivity index (χ1v) is 6.80. The lowest BCUT2D eigenvalue weighted by Gasteiger charge is -2.26. The second kappa shape index (κ2) is 6.65. The largest absolute Gasteiger partial charge is 0.317 e. The van der Waals surface area contributed by atoms with E-state index in [1.54, 1.807) is 12.1 Å². The number of nitriles is 1. The third-order valence-electron chi connectivity index (χ3n) is 3.75. The standard InChI is InChI=1S/C15H20FN3/c1-19(14-3-2-7-18-8-6-14)11-12-4-5-15(16)13(9-12)10-17/h4-5,9,14,18H,2-3,6-8,11H2,1H3. The van der Waals surface area contributed by atoms with Crippen molar-refractivity contribution in [1.82, 2.24) is 10.2 Å². The fourth-order valence-corrected chi connectivity index (χ4v) is 2.62. The Kier molecular flexibility index (Phi) is 4.89. The van der Waals surface area contributed by atoms with E-state index in [2.05, 4.69) is 17.3 Å². The number of halogens is 1. The highest BCUT2D eigenvalue weighted by Crippen LogP contribution is 2.16. The molecule has 0 aliphatic carbocycles. The second-order valence-electron chi connectivity index (χ2n) is 5.18. The highest BCUT2D eigenvalue weighted by atomic mass is 19.1. The van der Waals surface area contributed by atoms with Crippen molar-refractivity contribution in [2.24, 2.45) is 0 Å². The first kappa shape index (κ1) is 14.0. The SMILES string of the molecule is CN(Cc1ccc(F)c(C#N)c1)C1CCCNCC1. The normalized spacial score (nSPS) is 20.0. The number of hydrogen-bond acceptors (Lipinski definition) is 3. The highest BCUT2D eigenvalue weighted by molar-refractivity contribution is 5.34. The van der Waals surface area contributed by atoms with Crippen molar-refractivity contribution in [3.8, 4) is 6.07 Å². The number of benzene rings is 1. The molecule has 1 heterocycles. The fraction of sp³-hybridized carbons (Fsp3) is 0.533. The van der Waals surface area contributed by atoms with Crippen LogP contribution in [0.15, 0.2) is 18.2 Å². The van der Waals surface area contributed by atoms with Gasteiger partial charge in [-0.1, -0.05) is 6.07 Å². The molecule has 1 aliphatic rings. The minimum absolute atomic E-state index is 0.133. The van der Waals surface area contributed by atoms with Crippen molar-refractivity contribution in [3.63, 3.8) is 0 Å². The second-order valence-corrected chi connectivity index (χ2v) is 5.18. The molecule has 0 aromatic heterocycles. The van der Waals surface area contributed by atoms with Gasteiger partial charge >= 0.3 is 0 Å². The van der Waals surface area contributed by atoms with Crippen LogP contribution in [0.2, 0.25) is 0 Å². The molecule has 0 bridgehead atoms. The summed E-state index contributed by atoms with van der Waals surface area (Å²) in [5.74, 6) is -0.437. The molecule has 1 aromatic carbocycles. The third-order valence-corrected chi connectivity index (χ3v) is 3.75. The summed E-state index contributed by atoms with van der Waals surface area (Å²) in [6.07, 6.45) is 3.53. The van der Waals surface area contributed by atoms with E-state index >= 15 is 0 Å². The summed E-state index contributed by atoms with van der Waals surface area (Å²) < 4.78 is 13.3. The van der Waals surface area contributed by atoms with E-state index in [9.17, 15) is 4.39 Å². The average Bonchev–Trinajstić information content (AvgIpc) is 2.70. The molecule has 0 spiro atoms. The van der Waals surface area contributed by atoms with E-state index in [0.29, 0.717) is 6.04 Å². The molecule has 0 amide bonds. The number of nitrogens with zero attached hydrogens (tertiary/aromatic N) is 2. The van der Waals surface area contributed by atoms with Gasteiger partial charge in [-0.05, 0) is 57.1 Å². The summed E-state index contributed by atoms with van der Waals surface area (Å²) >= 11 is 0. The van der Waals surface area contributed by atoms with Crippen molar-refractivity contribution < 1.29 is 4.39 Å². The Morgan fingerprint density at radius 2 is 2.26 bits per heavy atom. The zero-order valence-electron chi connectivity index (χ0n) is 11.3. The molecule has 19 heavy (non-hydrogen) atoms. The lowest BCUT2D eigenvalue weighted by Crippen LogP contribution is -2.32. The maximum absolute atomic E-state index is 13.3. The monoisotopic (exact) mass is 261 g/mol. The predicted molar refractivity (Wildman–Crippen MR) is 73.1 cm³/mol. The van der Waals surface area contributed by atoms with Crippen molar-refractivity contribution in [2.45, 2.75) is 31.8 Å². The van der Waals surface area contributed by atoms with E-state index in [-0.39, 0.29) is 5.56 Å². The molecule has 1 N–H and O–H groups in total. The quantitative estimate of drug-likeness (QED) is 0.907. The molecule has 1 fully saturated rings. The Morgan fingerprint density at radius 1 is 1.42 bits per heavy atom. The number of rotatable bonds is 3. The van der Waals surface area contributed by atoms with Crippen LogP contribution in [-0.2, 0) is 6.54 Å².